The van der Waals surface area contributed by atoms with Crippen LogP contribution < -0.4 is 15.6 Å². The number of anilines is 1. The molecule has 1 aromatic heterocycles. The molecular formula is C26H20Cl2F3N3O4. The van der Waals surface area contributed by atoms with Crippen LogP contribution in [0.4, 0.5) is 18.9 Å². The Morgan fingerprint density at radius 1 is 1.16 bits per heavy atom. The molecule has 0 saturated carbocycles. The van der Waals surface area contributed by atoms with Gasteiger partial charge in [-0.15, -0.1) is 0 Å². The highest BCUT2D eigenvalue weighted by molar-refractivity contribution is 6.37. The van der Waals surface area contributed by atoms with E-state index >= 15 is 0 Å². The lowest BCUT2D eigenvalue weighted by molar-refractivity contribution is -0.159. The van der Waals surface area contributed by atoms with Crippen LogP contribution in [0.25, 0.3) is 10.9 Å². The third-order valence-corrected chi connectivity index (χ3v) is 6.20. The van der Waals surface area contributed by atoms with Crippen LogP contribution in [0, 0.1) is 6.92 Å². The lowest BCUT2D eigenvalue weighted by atomic mass is 10.1. The second-order valence-electron chi connectivity index (χ2n) is 8.47. The number of nitrogens with one attached hydrogen (secondary N) is 1. The fourth-order valence-corrected chi connectivity index (χ4v) is 4.34. The van der Waals surface area contributed by atoms with Crippen molar-refractivity contribution >= 4 is 45.7 Å². The van der Waals surface area contributed by atoms with Gasteiger partial charge in [-0.25, -0.2) is 9.37 Å². The Balaban J connectivity index is 1.83. The molecule has 0 bridgehead atoms. The Morgan fingerprint density at radius 2 is 1.82 bits per heavy atom. The number of para-hydroxylation sites is 1. The molecule has 4 aromatic rings. The second kappa shape index (κ2) is 10.5. The average molecular weight is 566 g/mol. The highest BCUT2D eigenvalue weighted by Gasteiger charge is 2.25. The summed E-state index contributed by atoms with van der Waals surface area (Å²) in [7, 11) is 0. The number of rotatable bonds is 7. The van der Waals surface area contributed by atoms with E-state index in [-0.39, 0.29) is 61.6 Å². The molecule has 0 aliphatic rings. The molecule has 0 atom stereocenters. The van der Waals surface area contributed by atoms with E-state index in [0.717, 1.165) is 4.57 Å². The number of hydrogen-bond acceptors (Lipinski definition) is 5. The number of benzene rings is 3. The molecule has 0 fully saturated rings. The van der Waals surface area contributed by atoms with Gasteiger partial charge in [-0.05, 0) is 36.8 Å². The van der Waals surface area contributed by atoms with Crippen molar-refractivity contribution in [3.8, 4) is 11.5 Å². The first-order valence-corrected chi connectivity index (χ1v) is 11.9. The average Bonchev–Trinajstić information content (AvgIpc) is 2.85. The van der Waals surface area contributed by atoms with E-state index in [4.69, 9.17) is 27.9 Å². The summed E-state index contributed by atoms with van der Waals surface area (Å²) in [6.45, 7) is 0.807. The predicted octanol–water partition coefficient (Wildman–Crippen LogP) is 6.48. The summed E-state index contributed by atoms with van der Waals surface area (Å²) in [6.07, 6.45) is -3.49. The molecule has 7 nitrogen and oxygen atoms in total. The van der Waals surface area contributed by atoms with Crippen LogP contribution in [0.3, 0.4) is 0 Å². The zero-order valence-electron chi connectivity index (χ0n) is 20.0. The fraction of sp³-hybridized carbons (Fsp3) is 0.192. The van der Waals surface area contributed by atoms with Crippen molar-refractivity contribution in [2.45, 2.75) is 33.2 Å². The topological polar surface area (TPSA) is 93.5 Å². The molecule has 1 heterocycles. The van der Waals surface area contributed by atoms with Crippen LogP contribution in [-0.2, 0) is 13.2 Å². The fourth-order valence-electron chi connectivity index (χ4n) is 3.86. The number of phenolic OH excluding ortho intramolecular Hbond substituents is 1. The van der Waals surface area contributed by atoms with E-state index in [2.05, 4.69) is 10.3 Å². The zero-order valence-corrected chi connectivity index (χ0v) is 21.5. The molecule has 0 spiro atoms. The van der Waals surface area contributed by atoms with Crippen LogP contribution in [0.5, 0.6) is 11.5 Å². The van der Waals surface area contributed by atoms with Gasteiger partial charge in [0.2, 0.25) is 0 Å². The van der Waals surface area contributed by atoms with E-state index in [1.54, 1.807) is 19.1 Å². The lowest BCUT2D eigenvalue weighted by Gasteiger charge is -2.19. The number of aromatic hydroxyl groups is 1. The van der Waals surface area contributed by atoms with Crippen LogP contribution in [-0.4, -0.2) is 26.7 Å². The second-order valence-corrected chi connectivity index (χ2v) is 9.28. The molecule has 0 aliphatic heterocycles. The number of aryl methyl sites for hydroxylation is 1. The third kappa shape index (κ3) is 5.56. The van der Waals surface area contributed by atoms with Crippen LogP contribution in [0.1, 0.15) is 34.2 Å². The summed E-state index contributed by atoms with van der Waals surface area (Å²) in [6, 6.07) is 11.3. The van der Waals surface area contributed by atoms with Gasteiger partial charge in [0, 0.05) is 18.1 Å². The molecule has 0 radical (unpaired) electrons. The minimum absolute atomic E-state index is 0.00626. The van der Waals surface area contributed by atoms with Gasteiger partial charge in [-0.2, -0.15) is 8.78 Å². The molecule has 0 aliphatic carbocycles. The Hall–Kier alpha value is -3.76. The number of ether oxygens (including phenoxy) is 1. The summed E-state index contributed by atoms with van der Waals surface area (Å²) < 4.78 is 46.9. The van der Waals surface area contributed by atoms with Crippen molar-refractivity contribution in [2.24, 2.45) is 0 Å². The van der Waals surface area contributed by atoms with Crippen LogP contribution in [0.2, 0.25) is 10.0 Å². The van der Waals surface area contributed by atoms with Gasteiger partial charge in [-0.3, -0.25) is 14.2 Å². The Bertz CT molecular complexity index is 1600. The van der Waals surface area contributed by atoms with Gasteiger partial charge in [0.1, 0.15) is 18.2 Å². The van der Waals surface area contributed by atoms with Gasteiger partial charge in [0.15, 0.2) is 5.75 Å². The van der Waals surface area contributed by atoms with E-state index < -0.39 is 24.2 Å². The Kier molecular flexibility index (Phi) is 7.57. The van der Waals surface area contributed by atoms with Gasteiger partial charge in [-0.1, -0.05) is 47.5 Å². The van der Waals surface area contributed by atoms with E-state index in [1.165, 1.54) is 36.4 Å². The number of fused-ring (bicyclic) bond motifs is 1. The number of amides is 1. The minimum atomic E-state index is -3.49. The normalized spacial score (nSPS) is 11.6. The first-order chi connectivity index (χ1) is 17.9. The maximum Gasteiger partial charge on any atom is 0.394 e. The maximum atomic E-state index is 14.1. The van der Waals surface area contributed by atoms with E-state index in [9.17, 15) is 27.9 Å². The summed E-state index contributed by atoms with van der Waals surface area (Å²) in [4.78, 5) is 31.0. The largest absolute Gasteiger partial charge is 0.505 e. The quantitative estimate of drug-likeness (QED) is 0.267. The molecule has 4 rings (SSSR count). The molecule has 2 N–H and O–H groups in total. The number of halogens is 5. The summed E-state index contributed by atoms with van der Waals surface area (Å²) in [5, 5.41) is 12.1. The molecular weight excluding hydrogens is 546 g/mol. The number of carbonyl (C=O) groups is 1. The van der Waals surface area contributed by atoms with Crippen molar-refractivity contribution in [1.82, 2.24) is 9.55 Å². The van der Waals surface area contributed by atoms with Crippen LogP contribution >= 0.6 is 23.2 Å². The minimum Gasteiger partial charge on any atom is -0.505 e. The first kappa shape index (κ1) is 27.3. The molecule has 12 heteroatoms. The van der Waals surface area contributed by atoms with Crippen LogP contribution in [0.15, 0.2) is 53.3 Å². The van der Waals surface area contributed by atoms with Gasteiger partial charge in [0.25, 0.3) is 11.5 Å². The van der Waals surface area contributed by atoms with Crippen molar-refractivity contribution in [3.63, 3.8) is 0 Å². The molecule has 0 unspecified atom stereocenters. The molecule has 0 saturated heterocycles. The smallest absolute Gasteiger partial charge is 0.394 e. The Labute approximate surface area is 224 Å². The molecule has 38 heavy (non-hydrogen) atoms. The Morgan fingerprint density at radius 3 is 2.45 bits per heavy atom. The van der Waals surface area contributed by atoms with Crippen molar-refractivity contribution < 1.29 is 27.8 Å². The number of alkyl halides is 3. The van der Waals surface area contributed by atoms with E-state index in [0.29, 0.717) is 12.5 Å². The summed E-state index contributed by atoms with van der Waals surface area (Å²) in [5.74, 6) is -1.50. The third-order valence-electron chi connectivity index (χ3n) is 5.63. The number of nitrogens with zero attached hydrogens (tertiary/aromatic N) is 2. The van der Waals surface area contributed by atoms with Crippen molar-refractivity contribution in [3.05, 3.63) is 91.4 Å². The highest BCUT2D eigenvalue weighted by Crippen LogP contribution is 2.33. The molecule has 1 amide bonds. The van der Waals surface area contributed by atoms with Gasteiger partial charge < -0.3 is 15.2 Å². The van der Waals surface area contributed by atoms with Crippen molar-refractivity contribution in [1.29, 1.82) is 0 Å². The predicted molar refractivity (Wildman–Crippen MR) is 138 cm³/mol. The number of phenols is 1. The van der Waals surface area contributed by atoms with Crippen molar-refractivity contribution in [2.75, 3.05) is 5.32 Å². The lowest BCUT2D eigenvalue weighted by Crippen LogP contribution is -2.28. The zero-order chi connectivity index (χ0) is 27.8. The maximum absolute atomic E-state index is 14.1. The molecule has 3 aromatic carbocycles. The summed E-state index contributed by atoms with van der Waals surface area (Å²) >= 11 is 11.8. The summed E-state index contributed by atoms with van der Waals surface area (Å²) in [5.41, 5.74) is 0.258. The van der Waals surface area contributed by atoms with Gasteiger partial charge in [0.05, 0.1) is 33.2 Å². The highest BCUT2D eigenvalue weighted by atomic mass is 35.5. The van der Waals surface area contributed by atoms with E-state index in [1.807, 2.05) is 0 Å². The first-order valence-electron chi connectivity index (χ1n) is 11.1. The van der Waals surface area contributed by atoms with Gasteiger partial charge >= 0.3 is 6.11 Å². The number of aromatic nitrogens is 2. The monoisotopic (exact) mass is 565 g/mol. The number of carbonyl (C=O) groups excluding carboxylic acids is 1. The standard InChI is InChI=1S/C26H20Cl2F3N3O4/c1-13-7-8-18(32-24(36)15-9-16(27)23(35)17(28)10-15)21-22(13)33-20(11-29)34(25(21)37)12-14-5-3-4-6-19(14)38-26(2,30)31/h3-10,35H,11-12H2,1-2H3,(H,32,36). The molecule has 198 valence electrons. The number of hydrogen-bond donors (Lipinski definition) is 2. The SMILES string of the molecule is Cc1ccc(NC(=O)c2cc(Cl)c(O)c(Cl)c2)c2c(=O)n(Cc3ccccc3OC(C)(F)F)c(CF)nc12.